The molecule has 0 amide bonds. The van der Waals surface area contributed by atoms with Crippen molar-refractivity contribution in [2.75, 3.05) is 5.32 Å². The van der Waals surface area contributed by atoms with Gasteiger partial charge >= 0.3 is 6.36 Å². The quantitative estimate of drug-likeness (QED) is 0.546. The highest BCUT2D eigenvalue weighted by molar-refractivity contribution is 5.91. The third kappa shape index (κ3) is 3.81. The molecule has 1 aromatic carbocycles. The van der Waals surface area contributed by atoms with E-state index in [0.29, 0.717) is 17.3 Å². The first-order valence-electron chi connectivity index (χ1n) is 7.86. The van der Waals surface area contributed by atoms with Gasteiger partial charge in [0.15, 0.2) is 0 Å². The van der Waals surface area contributed by atoms with Crippen molar-refractivity contribution in [1.29, 1.82) is 0 Å². The lowest BCUT2D eigenvalue weighted by atomic mass is 10.1. The zero-order chi connectivity index (χ0) is 18.9. The number of hydrogen-bond donors (Lipinski definition) is 2. The number of benzene rings is 1. The van der Waals surface area contributed by atoms with Crippen molar-refractivity contribution < 1.29 is 17.9 Å². The molecule has 6 nitrogen and oxygen atoms in total. The van der Waals surface area contributed by atoms with Crippen LogP contribution in [0.4, 0.5) is 24.8 Å². The number of fused-ring (bicyclic) bond motifs is 1. The Morgan fingerprint density at radius 1 is 0.926 bits per heavy atom. The molecule has 3 heterocycles. The summed E-state index contributed by atoms with van der Waals surface area (Å²) in [6.07, 6.45) is 0.361. The van der Waals surface area contributed by atoms with Crippen LogP contribution < -0.4 is 10.1 Å². The number of nitrogens with one attached hydrogen (secondary N) is 2. The van der Waals surface area contributed by atoms with Crippen molar-refractivity contribution in [1.82, 2.24) is 19.9 Å². The zero-order valence-corrected chi connectivity index (χ0v) is 13.7. The van der Waals surface area contributed by atoms with Gasteiger partial charge in [-0.2, -0.15) is 0 Å². The second-order valence-electron chi connectivity index (χ2n) is 5.56. The van der Waals surface area contributed by atoms with Gasteiger partial charge in [0.25, 0.3) is 0 Å². The molecule has 4 aromatic rings. The number of hydrogen-bond acceptors (Lipinski definition) is 5. The van der Waals surface area contributed by atoms with Crippen LogP contribution in [0.25, 0.3) is 22.3 Å². The highest BCUT2D eigenvalue weighted by Gasteiger charge is 2.30. The van der Waals surface area contributed by atoms with E-state index >= 15 is 0 Å². The molecular formula is C18H12F3N5O. The number of aromatic amines is 1. The molecule has 0 aliphatic heterocycles. The first kappa shape index (κ1) is 16.8. The molecule has 4 rings (SSSR count). The van der Waals surface area contributed by atoms with Gasteiger partial charge in [-0.15, -0.1) is 13.2 Å². The smallest absolute Gasteiger partial charge is 0.406 e. The third-order valence-corrected chi connectivity index (χ3v) is 3.74. The highest BCUT2D eigenvalue weighted by Crippen LogP contribution is 2.27. The van der Waals surface area contributed by atoms with Crippen LogP contribution in [0.2, 0.25) is 0 Å². The number of aromatic nitrogens is 4. The summed E-state index contributed by atoms with van der Waals surface area (Å²) in [6.45, 7) is 0. The van der Waals surface area contributed by atoms with Gasteiger partial charge in [0.2, 0.25) is 5.95 Å². The predicted molar refractivity (Wildman–Crippen MR) is 93.5 cm³/mol. The maximum Gasteiger partial charge on any atom is 0.573 e. The summed E-state index contributed by atoms with van der Waals surface area (Å²) in [4.78, 5) is 15.9. The van der Waals surface area contributed by atoms with E-state index < -0.39 is 6.36 Å². The lowest BCUT2D eigenvalue weighted by Crippen LogP contribution is -2.16. The van der Waals surface area contributed by atoms with Crippen LogP contribution in [0.5, 0.6) is 5.75 Å². The van der Waals surface area contributed by atoms with E-state index in [-0.39, 0.29) is 5.75 Å². The van der Waals surface area contributed by atoms with Crippen molar-refractivity contribution in [2.24, 2.45) is 0 Å². The zero-order valence-electron chi connectivity index (χ0n) is 13.7. The number of pyridine rings is 1. The maximum absolute atomic E-state index is 12.2. The first-order valence-corrected chi connectivity index (χ1v) is 7.86. The van der Waals surface area contributed by atoms with Crippen molar-refractivity contribution >= 4 is 22.7 Å². The molecule has 0 atom stereocenters. The second-order valence-corrected chi connectivity index (χ2v) is 5.56. The minimum Gasteiger partial charge on any atom is -0.406 e. The predicted octanol–water partition coefficient (Wildman–Crippen LogP) is 4.66. The molecule has 2 N–H and O–H groups in total. The fraction of sp³-hybridized carbons (Fsp3) is 0.0556. The molecule has 0 fully saturated rings. The number of anilines is 2. The maximum atomic E-state index is 12.2. The molecular weight excluding hydrogens is 359 g/mol. The van der Waals surface area contributed by atoms with E-state index in [1.807, 2.05) is 12.1 Å². The van der Waals surface area contributed by atoms with Gasteiger partial charge in [0, 0.05) is 35.2 Å². The summed E-state index contributed by atoms with van der Waals surface area (Å²) in [5, 5.41) is 3.89. The molecule has 27 heavy (non-hydrogen) atoms. The second kappa shape index (κ2) is 6.60. The van der Waals surface area contributed by atoms with Crippen LogP contribution in [0.1, 0.15) is 0 Å². The fourth-order valence-electron chi connectivity index (χ4n) is 2.62. The Labute approximate surface area is 151 Å². The minimum atomic E-state index is -4.72. The standard InChI is InChI=1S/C18H12F3N5O/c19-18(20,21)27-12-3-1-11(2-4-12)25-17-24-10-7-15(26-17)13-5-8-22-16-14(13)6-9-23-16/h1-10H,(H,22,23)(H,24,25,26). The molecule has 0 radical (unpaired) electrons. The average molecular weight is 371 g/mol. The average Bonchev–Trinajstić information content (AvgIpc) is 3.11. The lowest BCUT2D eigenvalue weighted by Gasteiger charge is -2.10. The van der Waals surface area contributed by atoms with E-state index in [1.165, 1.54) is 24.3 Å². The van der Waals surface area contributed by atoms with Crippen LogP contribution in [-0.2, 0) is 0 Å². The summed E-state index contributed by atoms with van der Waals surface area (Å²) in [6, 6.07) is 10.9. The van der Waals surface area contributed by atoms with Gasteiger partial charge < -0.3 is 15.0 Å². The lowest BCUT2D eigenvalue weighted by molar-refractivity contribution is -0.274. The Hall–Kier alpha value is -3.62. The van der Waals surface area contributed by atoms with Crippen LogP contribution in [0.3, 0.4) is 0 Å². The minimum absolute atomic E-state index is 0.297. The first-order chi connectivity index (χ1) is 13.0. The largest absolute Gasteiger partial charge is 0.573 e. The van der Waals surface area contributed by atoms with Crippen molar-refractivity contribution in [3.05, 3.63) is 61.1 Å². The Balaban J connectivity index is 1.57. The van der Waals surface area contributed by atoms with Gasteiger partial charge in [0.05, 0.1) is 5.69 Å². The van der Waals surface area contributed by atoms with E-state index in [1.54, 1.807) is 24.7 Å². The van der Waals surface area contributed by atoms with E-state index in [4.69, 9.17) is 0 Å². The molecule has 0 unspecified atom stereocenters. The molecule has 0 saturated carbocycles. The summed E-state index contributed by atoms with van der Waals surface area (Å²) in [5.41, 5.74) is 2.86. The monoisotopic (exact) mass is 371 g/mol. The topological polar surface area (TPSA) is 75.7 Å². The Bertz CT molecular complexity index is 1080. The van der Waals surface area contributed by atoms with Crippen LogP contribution in [0, 0.1) is 0 Å². The number of halogens is 3. The summed E-state index contributed by atoms with van der Waals surface area (Å²) >= 11 is 0. The number of ether oxygens (including phenoxy) is 1. The van der Waals surface area contributed by atoms with Crippen LogP contribution in [0.15, 0.2) is 61.1 Å². The molecule has 0 aliphatic rings. The molecule has 0 aliphatic carbocycles. The van der Waals surface area contributed by atoms with Gasteiger partial charge in [-0.05, 0) is 42.5 Å². The molecule has 3 aromatic heterocycles. The van der Waals surface area contributed by atoms with Crippen molar-refractivity contribution in [3.8, 4) is 17.0 Å². The molecule has 136 valence electrons. The fourth-order valence-corrected chi connectivity index (χ4v) is 2.62. The van der Waals surface area contributed by atoms with Gasteiger partial charge in [-0.3, -0.25) is 0 Å². The summed E-state index contributed by atoms with van der Waals surface area (Å²) in [7, 11) is 0. The van der Waals surface area contributed by atoms with Gasteiger partial charge in [0.1, 0.15) is 11.4 Å². The number of alkyl halides is 3. The SMILES string of the molecule is FC(F)(F)Oc1ccc(Nc2nccc(-c3ccnc4[nH]ccc34)n2)cc1. The summed E-state index contributed by atoms with van der Waals surface area (Å²) < 4.78 is 40.5. The number of rotatable bonds is 4. The Morgan fingerprint density at radius 3 is 2.48 bits per heavy atom. The van der Waals surface area contributed by atoms with Crippen molar-refractivity contribution in [2.45, 2.75) is 6.36 Å². The highest BCUT2D eigenvalue weighted by atomic mass is 19.4. The molecule has 0 bridgehead atoms. The van der Waals surface area contributed by atoms with E-state index in [2.05, 4.69) is 30.0 Å². The molecule has 0 spiro atoms. The molecule has 0 saturated heterocycles. The van der Waals surface area contributed by atoms with E-state index in [0.717, 1.165) is 16.6 Å². The van der Waals surface area contributed by atoms with Gasteiger partial charge in [-0.1, -0.05) is 0 Å². The van der Waals surface area contributed by atoms with Crippen LogP contribution >= 0.6 is 0 Å². The Morgan fingerprint density at radius 2 is 1.70 bits per heavy atom. The third-order valence-electron chi connectivity index (χ3n) is 3.74. The van der Waals surface area contributed by atoms with Gasteiger partial charge in [-0.25, -0.2) is 15.0 Å². The van der Waals surface area contributed by atoms with Crippen LogP contribution in [-0.4, -0.2) is 26.3 Å². The molecule has 9 heteroatoms. The summed E-state index contributed by atoms with van der Waals surface area (Å²) in [5.74, 6) is 0.0202. The Kier molecular flexibility index (Phi) is 4.11. The van der Waals surface area contributed by atoms with Crippen molar-refractivity contribution in [3.63, 3.8) is 0 Å². The van der Waals surface area contributed by atoms with E-state index in [9.17, 15) is 13.2 Å². The normalized spacial score (nSPS) is 11.5. The number of nitrogens with zero attached hydrogens (tertiary/aromatic N) is 3. The number of H-pyrrole nitrogens is 1.